The Balaban J connectivity index is 2.05. The maximum Gasteiger partial charge on any atom is 0.293 e. The fraction of sp³-hybridized carbons (Fsp3) is 0.278. The zero-order valence-corrected chi connectivity index (χ0v) is 16.1. The number of halogens is 2. The van der Waals surface area contributed by atoms with E-state index < -0.39 is 4.92 Å². The first-order chi connectivity index (χ1) is 12.2. The van der Waals surface area contributed by atoms with Crippen LogP contribution < -0.4 is 10.6 Å². The monoisotopic (exact) mass is 395 g/mol. The van der Waals surface area contributed by atoms with Gasteiger partial charge in [0, 0.05) is 22.2 Å². The molecule has 6 nitrogen and oxygen atoms in total. The Morgan fingerprint density at radius 2 is 1.85 bits per heavy atom. The van der Waals surface area contributed by atoms with Gasteiger partial charge in [0.25, 0.3) is 5.69 Å². The molecule has 138 valence electrons. The topological polar surface area (TPSA) is 84.3 Å². The van der Waals surface area contributed by atoms with E-state index in [0.29, 0.717) is 10.0 Å². The molecule has 0 aromatic heterocycles. The predicted molar refractivity (Wildman–Crippen MR) is 104 cm³/mol. The van der Waals surface area contributed by atoms with Crippen LogP contribution in [0.15, 0.2) is 30.3 Å². The predicted octanol–water partition coefficient (Wildman–Crippen LogP) is 4.81. The quantitative estimate of drug-likeness (QED) is 0.542. The van der Waals surface area contributed by atoms with Crippen molar-refractivity contribution in [1.29, 1.82) is 0 Å². The highest BCUT2D eigenvalue weighted by atomic mass is 35.5. The molecule has 0 saturated carbocycles. The average Bonchev–Trinajstić information content (AvgIpc) is 2.55. The van der Waals surface area contributed by atoms with Gasteiger partial charge in [0.1, 0.15) is 5.69 Å². The van der Waals surface area contributed by atoms with Crippen molar-refractivity contribution in [3.63, 3.8) is 0 Å². The van der Waals surface area contributed by atoms with Crippen molar-refractivity contribution in [1.82, 2.24) is 5.32 Å². The third kappa shape index (κ3) is 4.94. The summed E-state index contributed by atoms with van der Waals surface area (Å²) in [5.74, 6) is -0.381. The summed E-state index contributed by atoms with van der Waals surface area (Å²) in [6.45, 7) is 5.45. The van der Waals surface area contributed by atoms with Gasteiger partial charge < -0.3 is 10.6 Å². The Labute approximate surface area is 161 Å². The van der Waals surface area contributed by atoms with Crippen molar-refractivity contribution >= 4 is 40.5 Å². The average molecular weight is 396 g/mol. The summed E-state index contributed by atoms with van der Waals surface area (Å²) in [6.07, 6.45) is 0. The Morgan fingerprint density at radius 1 is 1.19 bits per heavy atom. The summed E-state index contributed by atoms with van der Waals surface area (Å²) in [5, 5.41) is 17.9. The zero-order chi connectivity index (χ0) is 19.4. The molecule has 0 bridgehead atoms. The number of benzene rings is 2. The normalized spacial score (nSPS) is 11.9. The molecule has 0 aliphatic heterocycles. The number of nitro benzene ring substituents is 1. The largest absolute Gasteiger partial charge is 0.319 e. The van der Waals surface area contributed by atoms with Crippen molar-refractivity contribution < 1.29 is 9.72 Å². The lowest BCUT2D eigenvalue weighted by Gasteiger charge is -2.16. The molecule has 2 N–H and O–H groups in total. The highest BCUT2D eigenvalue weighted by Crippen LogP contribution is 2.28. The van der Waals surface area contributed by atoms with E-state index in [0.717, 1.165) is 16.7 Å². The van der Waals surface area contributed by atoms with Crippen molar-refractivity contribution in [2.24, 2.45) is 0 Å². The lowest BCUT2D eigenvalue weighted by molar-refractivity contribution is -0.384. The molecule has 0 heterocycles. The van der Waals surface area contributed by atoms with Crippen molar-refractivity contribution in [3.05, 3.63) is 67.2 Å². The van der Waals surface area contributed by atoms with E-state index in [1.54, 1.807) is 31.2 Å². The summed E-state index contributed by atoms with van der Waals surface area (Å²) < 4.78 is 0. The maximum atomic E-state index is 12.2. The van der Waals surface area contributed by atoms with Gasteiger partial charge in [0.2, 0.25) is 5.91 Å². The first-order valence-electron chi connectivity index (χ1n) is 7.93. The van der Waals surface area contributed by atoms with Gasteiger partial charge in [-0.3, -0.25) is 14.9 Å². The van der Waals surface area contributed by atoms with E-state index in [2.05, 4.69) is 10.6 Å². The molecule has 1 atom stereocenters. The Kier molecular flexibility index (Phi) is 6.58. The molecule has 0 spiro atoms. The van der Waals surface area contributed by atoms with Crippen LogP contribution >= 0.6 is 23.2 Å². The van der Waals surface area contributed by atoms with Gasteiger partial charge in [0.05, 0.1) is 11.5 Å². The molecular weight excluding hydrogens is 377 g/mol. The molecule has 2 aromatic carbocycles. The Morgan fingerprint density at radius 3 is 2.46 bits per heavy atom. The molecular formula is C18H19Cl2N3O3. The van der Waals surface area contributed by atoms with Crippen LogP contribution in [0.25, 0.3) is 0 Å². The number of hydrogen-bond acceptors (Lipinski definition) is 4. The van der Waals surface area contributed by atoms with Crippen molar-refractivity contribution in [3.8, 4) is 0 Å². The fourth-order valence-electron chi connectivity index (χ4n) is 2.45. The molecule has 0 aliphatic carbocycles. The smallest absolute Gasteiger partial charge is 0.293 e. The molecule has 26 heavy (non-hydrogen) atoms. The molecule has 0 unspecified atom stereocenters. The summed E-state index contributed by atoms with van der Waals surface area (Å²) in [6, 6.07) is 8.00. The van der Waals surface area contributed by atoms with Gasteiger partial charge in [-0.15, -0.1) is 0 Å². The molecule has 0 aliphatic rings. The third-order valence-electron chi connectivity index (χ3n) is 4.08. The lowest BCUT2D eigenvalue weighted by atomic mass is 10.1. The van der Waals surface area contributed by atoms with Gasteiger partial charge in [-0.05, 0) is 55.7 Å². The molecule has 2 aromatic rings. The van der Waals surface area contributed by atoms with E-state index in [-0.39, 0.29) is 29.9 Å². The molecule has 0 saturated heterocycles. The number of rotatable bonds is 6. The standard InChI is InChI=1S/C18H19Cl2N3O3/c1-10-6-16(17(23(25)26)7-11(10)2)22-18(24)9-21-12(3)14-5-4-13(19)8-15(14)20/h4-8,12,21H,9H2,1-3H3,(H,22,24)/t12-/m0/s1. The summed E-state index contributed by atoms with van der Waals surface area (Å²) in [5.41, 5.74) is 2.51. The molecule has 2 rings (SSSR count). The van der Waals surface area contributed by atoms with Crippen LogP contribution in [0.2, 0.25) is 10.0 Å². The highest BCUT2D eigenvalue weighted by molar-refractivity contribution is 6.35. The van der Waals surface area contributed by atoms with Crippen LogP contribution in [0.4, 0.5) is 11.4 Å². The second kappa shape index (κ2) is 8.49. The van der Waals surface area contributed by atoms with Gasteiger partial charge in [-0.25, -0.2) is 0 Å². The van der Waals surface area contributed by atoms with Gasteiger partial charge in [-0.2, -0.15) is 0 Å². The molecule has 0 radical (unpaired) electrons. The van der Waals surface area contributed by atoms with Crippen LogP contribution in [-0.2, 0) is 4.79 Å². The Bertz CT molecular complexity index is 856. The number of nitro groups is 1. The summed E-state index contributed by atoms with van der Waals surface area (Å²) in [4.78, 5) is 22.9. The van der Waals surface area contributed by atoms with Crippen molar-refractivity contribution in [2.75, 3.05) is 11.9 Å². The van der Waals surface area contributed by atoms with E-state index in [1.807, 2.05) is 13.8 Å². The molecule has 8 heteroatoms. The lowest BCUT2D eigenvalue weighted by Crippen LogP contribution is -2.30. The summed E-state index contributed by atoms with van der Waals surface area (Å²) >= 11 is 12.0. The second-order valence-corrected chi connectivity index (χ2v) is 6.87. The van der Waals surface area contributed by atoms with E-state index >= 15 is 0 Å². The molecule has 0 fully saturated rings. The SMILES string of the molecule is Cc1cc(NC(=O)CN[C@@H](C)c2ccc(Cl)cc2Cl)c([N+](=O)[O-])cc1C. The minimum Gasteiger partial charge on any atom is -0.319 e. The van der Waals surface area contributed by atoms with Crippen molar-refractivity contribution in [2.45, 2.75) is 26.8 Å². The first kappa shape index (κ1) is 20.2. The van der Waals surface area contributed by atoms with Crippen LogP contribution in [0, 0.1) is 24.0 Å². The van der Waals surface area contributed by atoms with Crippen LogP contribution in [0.1, 0.15) is 29.7 Å². The minimum atomic E-state index is -0.508. The van der Waals surface area contributed by atoms with E-state index in [4.69, 9.17) is 23.2 Å². The number of carbonyl (C=O) groups is 1. The number of hydrogen-bond donors (Lipinski definition) is 2. The zero-order valence-electron chi connectivity index (χ0n) is 14.6. The van der Waals surface area contributed by atoms with Crippen LogP contribution in [0.3, 0.4) is 0 Å². The third-order valence-corrected chi connectivity index (χ3v) is 4.64. The minimum absolute atomic E-state index is 0.0236. The van der Waals surface area contributed by atoms with Gasteiger partial charge >= 0.3 is 0 Å². The number of aryl methyl sites for hydroxylation is 2. The number of anilines is 1. The number of nitrogens with zero attached hydrogens (tertiary/aromatic N) is 1. The molecule has 1 amide bonds. The van der Waals surface area contributed by atoms with Crippen LogP contribution in [0.5, 0.6) is 0 Å². The van der Waals surface area contributed by atoms with E-state index in [9.17, 15) is 14.9 Å². The summed E-state index contributed by atoms with van der Waals surface area (Å²) in [7, 11) is 0. The first-order valence-corrected chi connectivity index (χ1v) is 8.68. The Hall–Kier alpha value is -2.15. The number of nitrogens with one attached hydrogen (secondary N) is 2. The maximum absolute atomic E-state index is 12.2. The highest BCUT2D eigenvalue weighted by Gasteiger charge is 2.18. The van der Waals surface area contributed by atoms with E-state index in [1.165, 1.54) is 6.07 Å². The van der Waals surface area contributed by atoms with Gasteiger partial charge in [-0.1, -0.05) is 29.3 Å². The number of carbonyl (C=O) groups excluding carboxylic acids is 1. The second-order valence-electron chi connectivity index (χ2n) is 6.03. The van der Waals surface area contributed by atoms with Crippen LogP contribution in [-0.4, -0.2) is 17.4 Å². The fourth-order valence-corrected chi connectivity index (χ4v) is 3.03. The number of amides is 1. The van der Waals surface area contributed by atoms with Gasteiger partial charge in [0.15, 0.2) is 0 Å².